The van der Waals surface area contributed by atoms with Crippen molar-refractivity contribution in [1.29, 1.82) is 0 Å². The van der Waals surface area contributed by atoms with Crippen LogP contribution in [-0.4, -0.2) is 38.4 Å². The summed E-state index contributed by atoms with van der Waals surface area (Å²) in [5, 5.41) is 0.473. The van der Waals surface area contributed by atoms with Gasteiger partial charge in [-0.25, -0.2) is 14.4 Å². The largest absolute Gasteiger partial charge is 0.490 e. The van der Waals surface area contributed by atoms with E-state index in [1.165, 1.54) is 30.3 Å². The zero-order valence-electron chi connectivity index (χ0n) is 19.5. The molecule has 0 unspecified atom stereocenters. The first kappa shape index (κ1) is 24.6. The quantitative estimate of drug-likeness (QED) is 0.242. The maximum atomic E-state index is 12.9. The van der Waals surface area contributed by atoms with Crippen LogP contribution < -0.4 is 24.6 Å². The summed E-state index contributed by atoms with van der Waals surface area (Å²) in [6.07, 6.45) is 0. The molecule has 0 saturated carbocycles. The Morgan fingerprint density at radius 3 is 2.03 bits per heavy atom. The minimum atomic E-state index is -0.844. The molecule has 0 N–H and O–H groups in total. The molecule has 0 spiro atoms. The highest BCUT2D eigenvalue weighted by Crippen LogP contribution is 2.39. The molecule has 0 atom stereocenters. The number of rotatable bonds is 10. The van der Waals surface area contributed by atoms with E-state index in [4.69, 9.17) is 28.1 Å². The van der Waals surface area contributed by atoms with Crippen molar-refractivity contribution in [3.8, 4) is 23.0 Å². The molecule has 1 aromatic heterocycles. The third kappa shape index (κ3) is 5.48. The lowest BCUT2D eigenvalue weighted by molar-refractivity contribution is 0.0521. The molecule has 0 radical (unpaired) electrons. The van der Waals surface area contributed by atoms with Gasteiger partial charge < -0.3 is 28.1 Å². The van der Waals surface area contributed by atoms with Crippen LogP contribution in [0.2, 0.25) is 0 Å². The maximum absolute atomic E-state index is 12.9. The molecule has 1 heterocycles. The van der Waals surface area contributed by atoms with Gasteiger partial charge in [0.2, 0.25) is 5.75 Å². The van der Waals surface area contributed by atoms with Crippen LogP contribution in [0.4, 0.5) is 0 Å². The molecule has 34 heavy (non-hydrogen) atoms. The number of ether oxygens (including phenoxy) is 5. The molecule has 0 aliphatic carbocycles. The minimum absolute atomic E-state index is 0.132. The average molecular weight is 470 g/mol. The number of carbonyl (C=O) groups excluding carboxylic acids is 2. The zero-order valence-corrected chi connectivity index (χ0v) is 19.5. The molecular formula is C25H26O9. The van der Waals surface area contributed by atoms with E-state index in [0.29, 0.717) is 42.5 Å². The summed E-state index contributed by atoms with van der Waals surface area (Å²) in [7, 11) is 0. The first-order chi connectivity index (χ1) is 16.4. The van der Waals surface area contributed by atoms with Crippen molar-refractivity contribution in [3.63, 3.8) is 0 Å². The number of fused-ring (bicyclic) bond motifs is 1. The second-order valence-electron chi connectivity index (χ2n) is 6.86. The van der Waals surface area contributed by atoms with Crippen LogP contribution in [0.1, 0.15) is 48.4 Å². The van der Waals surface area contributed by atoms with E-state index in [1.807, 2.05) is 20.8 Å². The fourth-order valence-corrected chi connectivity index (χ4v) is 3.18. The molecule has 0 amide bonds. The van der Waals surface area contributed by atoms with Crippen molar-refractivity contribution in [2.24, 2.45) is 0 Å². The van der Waals surface area contributed by atoms with Crippen molar-refractivity contribution < 1.29 is 37.7 Å². The highest BCUT2D eigenvalue weighted by molar-refractivity contribution is 5.94. The van der Waals surface area contributed by atoms with Crippen LogP contribution in [0.25, 0.3) is 11.0 Å². The molecule has 0 bridgehead atoms. The summed E-state index contributed by atoms with van der Waals surface area (Å²) in [5.41, 5.74) is -0.710. The molecule has 3 rings (SSSR count). The second-order valence-corrected chi connectivity index (χ2v) is 6.86. The van der Waals surface area contributed by atoms with Crippen LogP contribution in [0.15, 0.2) is 45.6 Å². The zero-order chi connectivity index (χ0) is 24.7. The Labute approximate surface area is 196 Å². The lowest BCUT2D eigenvalue weighted by Crippen LogP contribution is -2.16. The van der Waals surface area contributed by atoms with Crippen LogP contribution in [0, 0.1) is 0 Å². The van der Waals surface area contributed by atoms with E-state index < -0.39 is 17.6 Å². The Kier molecular flexibility index (Phi) is 8.13. The summed E-state index contributed by atoms with van der Waals surface area (Å²) in [6.45, 7) is 8.36. The summed E-state index contributed by atoms with van der Waals surface area (Å²) in [4.78, 5) is 37.0. The van der Waals surface area contributed by atoms with Gasteiger partial charge in [0.15, 0.2) is 11.5 Å². The molecule has 180 valence electrons. The number of esters is 2. The normalized spacial score (nSPS) is 10.6. The standard InChI is InChI=1S/C25H26O9/c1-5-29-20-12-16(13-21(30-6-2)22(20)31-7-3)23(26)33-17-10-9-15-11-18(24(27)32-8-4)25(28)34-19(15)14-17/h9-14H,5-8H2,1-4H3. The first-order valence-electron chi connectivity index (χ1n) is 10.9. The summed E-state index contributed by atoms with van der Waals surface area (Å²) >= 11 is 0. The average Bonchev–Trinajstić information content (AvgIpc) is 2.80. The molecule has 9 nitrogen and oxygen atoms in total. The molecule has 0 saturated heterocycles. The third-order valence-electron chi connectivity index (χ3n) is 4.56. The predicted molar refractivity (Wildman–Crippen MR) is 123 cm³/mol. The highest BCUT2D eigenvalue weighted by atomic mass is 16.5. The first-order valence-corrected chi connectivity index (χ1v) is 10.9. The summed E-state index contributed by atoms with van der Waals surface area (Å²) in [5.74, 6) is -0.160. The van der Waals surface area contributed by atoms with Gasteiger partial charge in [-0.3, -0.25) is 0 Å². The Bertz CT molecular complexity index is 1220. The van der Waals surface area contributed by atoms with Gasteiger partial charge in [0.25, 0.3) is 0 Å². The van der Waals surface area contributed by atoms with E-state index in [-0.39, 0.29) is 29.1 Å². The van der Waals surface area contributed by atoms with Crippen molar-refractivity contribution in [3.05, 3.63) is 57.9 Å². The summed E-state index contributed by atoms with van der Waals surface area (Å²) in [6, 6.07) is 8.90. The Balaban J connectivity index is 1.92. The molecule has 2 aromatic carbocycles. The number of carbonyl (C=O) groups is 2. The van der Waals surface area contributed by atoms with Crippen LogP contribution in [0.5, 0.6) is 23.0 Å². The van der Waals surface area contributed by atoms with Gasteiger partial charge in [-0.15, -0.1) is 0 Å². The Morgan fingerprint density at radius 2 is 1.44 bits per heavy atom. The topological polar surface area (TPSA) is 110 Å². The van der Waals surface area contributed by atoms with E-state index in [1.54, 1.807) is 13.0 Å². The maximum Gasteiger partial charge on any atom is 0.351 e. The van der Waals surface area contributed by atoms with Crippen molar-refractivity contribution in [2.75, 3.05) is 26.4 Å². The smallest absolute Gasteiger partial charge is 0.351 e. The van der Waals surface area contributed by atoms with Gasteiger partial charge >= 0.3 is 17.6 Å². The monoisotopic (exact) mass is 470 g/mol. The van der Waals surface area contributed by atoms with Gasteiger partial charge in [-0.1, -0.05) is 0 Å². The lowest BCUT2D eigenvalue weighted by atomic mass is 10.1. The molecule has 0 aliphatic heterocycles. The SMILES string of the molecule is CCOC(=O)c1cc2ccc(OC(=O)c3cc(OCC)c(OCC)c(OCC)c3)cc2oc1=O. The second kappa shape index (κ2) is 11.2. The van der Waals surface area contributed by atoms with Crippen LogP contribution in [-0.2, 0) is 4.74 Å². The number of hydrogen-bond acceptors (Lipinski definition) is 9. The van der Waals surface area contributed by atoms with Gasteiger partial charge in [-0.05, 0) is 58.0 Å². The number of hydrogen-bond donors (Lipinski definition) is 0. The molecule has 0 aliphatic rings. The van der Waals surface area contributed by atoms with Crippen LogP contribution >= 0.6 is 0 Å². The minimum Gasteiger partial charge on any atom is -0.490 e. The molecule has 3 aromatic rings. The van der Waals surface area contributed by atoms with E-state index in [0.717, 1.165) is 0 Å². The number of benzene rings is 2. The van der Waals surface area contributed by atoms with Gasteiger partial charge in [0.05, 0.1) is 32.0 Å². The fourth-order valence-electron chi connectivity index (χ4n) is 3.18. The molecular weight excluding hydrogens is 444 g/mol. The van der Waals surface area contributed by atoms with Gasteiger partial charge in [-0.2, -0.15) is 0 Å². The predicted octanol–water partition coefficient (Wildman–Crippen LogP) is 4.39. The Hall–Kier alpha value is -4.01. The van der Waals surface area contributed by atoms with Crippen molar-refractivity contribution in [1.82, 2.24) is 0 Å². The van der Waals surface area contributed by atoms with E-state index in [9.17, 15) is 14.4 Å². The fraction of sp³-hybridized carbons (Fsp3) is 0.320. The van der Waals surface area contributed by atoms with Crippen molar-refractivity contribution in [2.45, 2.75) is 27.7 Å². The Morgan fingerprint density at radius 1 is 0.794 bits per heavy atom. The lowest BCUT2D eigenvalue weighted by Gasteiger charge is -2.16. The summed E-state index contributed by atoms with van der Waals surface area (Å²) < 4.78 is 32.5. The van der Waals surface area contributed by atoms with E-state index in [2.05, 4.69) is 0 Å². The molecule has 9 heteroatoms. The van der Waals surface area contributed by atoms with Gasteiger partial charge in [0.1, 0.15) is 16.9 Å². The third-order valence-corrected chi connectivity index (χ3v) is 4.56. The highest BCUT2D eigenvalue weighted by Gasteiger charge is 2.20. The van der Waals surface area contributed by atoms with Crippen LogP contribution in [0.3, 0.4) is 0 Å². The molecule has 0 fully saturated rings. The van der Waals surface area contributed by atoms with Crippen molar-refractivity contribution >= 4 is 22.9 Å². The van der Waals surface area contributed by atoms with E-state index >= 15 is 0 Å². The van der Waals surface area contributed by atoms with Gasteiger partial charge in [0, 0.05) is 11.5 Å².